The van der Waals surface area contributed by atoms with E-state index in [-0.39, 0.29) is 17.1 Å². The molecule has 0 spiro atoms. The largest absolute Gasteiger partial charge is 0.508 e. The van der Waals surface area contributed by atoms with Gasteiger partial charge >= 0.3 is 0 Å². The zero-order valence-corrected chi connectivity index (χ0v) is 19.7. The highest BCUT2D eigenvalue weighted by atomic mass is 16.3. The lowest BCUT2D eigenvalue weighted by Gasteiger charge is -2.26. The van der Waals surface area contributed by atoms with Crippen LogP contribution in [0.2, 0.25) is 0 Å². The third-order valence-electron chi connectivity index (χ3n) is 6.45. The molecule has 8 heteroatoms. The number of carbonyl (C=O) groups excluding carboxylic acids is 2. The molecular weight excluding hydrogens is 432 g/mol. The number of aromatic nitrogens is 2. The molecule has 1 fully saturated rings. The Morgan fingerprint density at radius 2 is 1.79 bits per heavy atom. The molecule has 1 atom stereocenters. The van der Waals surface area contributed by atoms with Gasteiger partial charge in [-0.15, -0.1) is 0 Å². The van der Waals surface area contributed by atoms with Crippen molar-refractivity contribution in [3.05, 3.63) is 71.2 Å². The molecule has 3 aromatic rings. The van der Waals surface area contributed by atoms with Crippen LogP contribution in [0.25, 0.3) is 11.4 Å². The number of aromatic hydroxyl groups is 1. The number of Topliss-reactive ketones (excluding diaryl/α,β-unsaturated/α-hetero) is 1. The summed E-state index contributed by atoms with van der Waals surface area (Å²) in [6.45, 7) is 8.92. The SMILES string of the molecule is CCN(CC)CCCN1C(=O)C(=O)C(=C(O)c2c(C)nc3ccccn23)C1c1ccc(O)cc1. The van der Waals surface area contributed by atoms with Gasteiger partial charge < -0.3 is 20.0 Å². The third kappa shape index (κ3) is 4.17. The van der Waals surface area contributed by atoms with Crippen molar-refractivity contribution in [1.29, 1.82) is 0 Å². The molecule has 0 radical (unpaired) electrons. The molecule has 1 saturated heterocycles. The number of carbonyl (C=O) groups is 2. The number of likely N-dealkylation sites (tertiary alicyclic amines) is 1. The minimum Gasteiger partial charge on any atom is -0.508 e. The number of benzene rings is 1. The summed E-state index contributed by atoms with van der Waals surface area (Å²) in [5, 5.41) is 21.2. The second kappa shape index (κ2) is 9.69. The number of nitrogens with zero attached hydrogens (tertiary/aromatic N) is 4. The number of phenolic OH excluding ortho intramolecular Hbond substituents is 1. The Kier molecular flexibility index (Phi) is 6.70. The summed E-state index contributed by atoms with van der Waals surface area (Å²) in [4.78, 5) is 34.7. The van der Waals surface area contributed by atoms with Gasteiger partial charge in [0.2, 0.25) is 0 Å². The van der Waals surface area contributed by atoms with Gasteiger partial charge in [-0.1, -0.05) is 32.0 Å². The van der Waals surface area contributed by atoms with Gasteiger partial charge in [0.1, 0.15) is 17.1 Å². The summed E-state index contributed by atoms with van der Waals surface area (Å²) < 4.78 is 1.71. The topological polar surface area (TPSA) is 98.4 Å². The molecule has 1 amide bonds. The van der Waals surface area contributed by atoms with Crippen molar-refractivity contribution < 1.29 is 19.8 Å². The Morgan fingerprint density at radius 3 is 2.47 bits per heavy atom. The summed E-state index contributed by atoms with van der Waals surface area (Å²) in [5.74, 6) is -1.52. The van der Waals surface area contributed by atoms with E-state index in [9.17, 15) is 19.8 Å². The van der Waals surface area contributed by atoms with Gasteiger partial charge in [-0.05, 0) is 62.8 Å². The maximum atomic E-state index is 13.3. The number of aliphatic hydroxyl groups excluding tert-OH is 1. The van der Waals surface area contributed by atoms with Gasteiger partial charge in [0.25, 0.3) is 11.7 Å². The first-order valence-electron chi connectivity index (χ1n) is 11.6. The van der Waals surface area contributed by atoms with Crippen molar-refractivity contribution in [2.75, 3.05) is 26.2 Å². The second-order valence-electron chi connectivity index (χ2n) is 8.44. The number of rotatable bonds is 8. The molecule has 1 aromatic carbocycles. The second-order valence-corrected chi connectivity index (χ2v) is 8.44. The number of imidazole rings is 1. The van der Waals surface area contributed by atoms with Crippen LogP contribution >= 0.6 is 0 Å². The molecule has 2 N–H and O–H groups in total. The molecule has 1 aliphatic heterocycles. The number of phenols is 1. The van der Waals surface area contributed by atoms with Crippen molar-refractivity contribution in [3.8, 4) is 5.75 Å². The van der Waals surface area contributed by atoms with Crippen molar-refractivity contribution in [2.45, 2.75) is 33.2 Å². The Bertz CT molecular complexity index is 1240. The Morgan fingerprint density at radius 1 is 1.09 bits per heavy atom. The van der Waals surface area contributed by atoms with Crippen LogP contribution in [0.5, 0.6) is 5.75 Å². The lowest BCUT2D eigenvalue weighted by atomic mass is 9.96. The van der Waals surface area contributed by atoms with Gasteiger partial charge in [0, 0.05) is 12.7 Å². The van der Waals surface area contributed by atoms with Crippen LogP contribution in [0.15, 0.2) is 54.2 Å². The summed E-state index contributed by atoms with van der Waals surface area (Å²) >= 11 is 0. The zero-order valence-electron chi connectivity index (χ0n) is 19.7. The van der Waals surface area contributed by atoms with E-state index in [2.05, 4.69) is 23.7 Å². The smallest absolute Gasteiger partial charge is 0.295 e. The van der Waals surface area contributed by atoms with Gasteiger partial charge in [-0.3, -0.25) is 14.0 Å². The number of amides is 1. The number of pyridine rings is 1. The van der Waals surface area contributed by atoms with Crippen LogP contribution in [0.3, 0.4) is 0 Å². The fourth-order valence-corrected chi connectivity index (χ4v) is 4.64. The van der Waals surface area contributed by atoms with Crippen LogP contribution < -0.4 is 0 Å². The van der Waals surface area contributed by atoms with Crippen molar-refractivity contribution in [2.24, 2.45) is 0 Å². The predicted molar refractivity (Wildman–Crippen MR) is 129 cm³/mol. The fourth-order valence-electron chi connectivity index (χ4n) is 4.64. The normalized spacial score (nSPS) is 17.9. The number of ketones is 1. The van der Waals surface area contributed by atoms with E-state index in [1.807, 2.05) is 18.2 Å². The Hall–Kier alpha value is -3.65. The van der Waals surface area contributed by atoms with Gasteiger partial charge in [0.15, 0.2) is 5.76 Å². The highest BCUT2D eigenvalue weighted by Crippen LogP contribution is 2.40. The molecule has 178 valence electrons. The first kappa shape index (κ1) is 23.5. The average molecular weight is 463 g/mol. The molecule has 4 rings (SSSR count). The number of hydrogen-bond acceptors (Lipinski definition) is 6. The Balaban J connectivity index is 1.81. The molecule has 1 aliphatic rings. The minimum absolute atomic E-state index is 0.0345. The van der Waals surface area contributed by atoms with Crippen molar-refractivity contribution >= 4 is 23.1 Å². The van der Waals surface area contributed by atoms with E-state index in [1.165, 1.54) is 17.0 Å². The fraction of sp³-hybridized carbons (Fsp3) is 0.346. The number of fused-ring (bicyclic) bond motifs is 1. The van der Waals surface area contributed by atoms with Crippen LogP contribution in [-0.4, -0.2) is 67.3 Å². The molecule has 34 heavy (non-hydrogen) atoms. The predicted octanol–water partition coefficient (Wildman–Crippen LogP) is 3.50. The van der Waals surface area contributed by atoms with Gasteiger partial charge in [-0.2, -0.15) is 0 Å². The van der Waals surface area contributed by atoms with Crippen LogP contribution in [0, 0.1) is 6.92 Å². The lowest BCUT2D eigenvalue weighted by molar-refractivity contribution is -0.140. The quantitative estimate of drug-likeness (QED) is 0.302. The van der Waals surface area contributed by atoms with Crippen molar-refractivity contribution in [3.63, 3.8) is 0 Å². The average Bonchev–Trinajstić information content (AvgIpc) is 3.30. The van der Waals surface area contributed by atoms with Crippen molar-refractivity contribution in [1.82, 2.24) is 19.2 Å². The number of hydrogen-bond donors (Lipinski definition) is 2. The van der Waals surface area contributed by atoms with E-state index < -0.39 is 17.7 Å². The highest BCUT2D eigenvalue weighted by Gasteiger charge is 2.46. The maximum Gasteiger partial charge on any atom is 0.295 e. The van der Waals surface area contributed by atoms with Crippen LogP contribution in [0.1, 0.15) is 43.3 Å². The standard InChI is InChI=1S/C26H30N4O4/c1-4-28(5-2)14-8-16-30-23(18-10-12-19(31)13-11-18)21(25(33)26(30)34)24(32)22-17(3)27-20-9-6-7-15-29(20)22/h6-7,9-13,15,23,31-32H,4-5,8,14,16H2,1-3H3. The van der Waals surface area contributed by atoms with Gasteiger partial charge in [-0.25, -0.2) is 4.98 Å². The summed E-state index contributed by atoms with van der Waals surface area (Å²) in [6.07, 6.45) is 2.46. The summed E-state index contributed by atoms with van der Waals surface area (Å²) in [6, 6.07) is 11.1. The molecule has 0 saturated carbocycles. The highest BCUT2D eigenvalue weighted by molar-refractivity contribution is 6.46. The van der Waals surface area contributed by atoms with E-state index in [1.54, 1.807) is 29.7 Å². The van der Waals surface area contributed by atoms with Crippen LogP contribution in [-0.2, 0) is 9.59 Å². The van der Waals surface area contributed by atoms with E-state index >= 15 is 0 Å². The first-order chi connectivity index (χ1) is 16.4. The lowest BCUT2D eigenvalue weighted by Crippen LogP contribution is -2.33. The van der Waals surface area contributed by atoms with Crippen LogP contribution in [0.4, 0.5) is 0 Å². The monoisotopic (exact) mass is 462 g/mol. The summed E-state index contributed by atoms with van der Waals surface area (Å²) in [7, 11) is 0. The van der Waals surface area contributed by atoms with E-state index in [0.717, 1.165) is 19.6 Å². The first-order valence-corrected chi connectivity index (χ1v) is 11.6. The summed E-state index contributed by atoms with van der Waals surface area (Å²) in [5.41, 5.74) is 2.26. The molecule has 1 unspecified atom stereocenters. The minimum atomic E-state index is -0.758. The molecule has 0 bridgehead atoms. The Labute approximate surface area is 198 Å². The number of aliphatic hydroxyl groups is 1. The van der Waals surface area contributed by atoms with Gasteiger partial charge in [0.05, 0.1) is 17.3 Å². The number of aryl methyl sites for hydroxylation is 1. The zero-order chi connectivity index (χ0) is 24.4. The molecule has 0 aliphatic carbocycles. The van der Waals surface area contributed by atoms with E-state index in [4.69, 9.17) is 0 Å². The maximum absolute atomic E-state index is 13.3. The third-order valence-corrected chi connectivity index (χ3v) is 6.45. The molecule has 2 aromatic heterocycles. The molecule has 3 heterocycles. The van der Waals surface area contributed by atoms with E-state index in [0.29, 0.717) is 35.6 Å². The molecule has 8 nitrogen and oxygen atoms in total. The molecular formula is C26H30N4O4.